The van der Waals surface area contributed by atoms with Crippen molar-refractivity contribution in [2.24, 2.45) is 0 Å². The van der Waals surface area contributed by atoms with Crippen LogP contribution in [0.5, 0.6) is 0 Å². The fraction of sp³-hybridized carbons (Fsp3) is 0.143. The van der Waals surface area contributed by atoms with E-state index in [2.05, 4.69) is 15.3 Å². The number of fused-ring (bicyclic) bond motifs is 2. The normalized spacial score (nSPS) is 14.6. The molecule has 1 aromatic carbocycles. The first-order chi connectivity index (χ1) is 14.1. The molecule has 1 N–H and O–H groups in total. The number of hydrogen-bond donors (Lipinski definition) is 1. The highest BCUT2D eigenvalue weighted by atomic mass is 32.2. The summed E-state index contributed by atoms with van der Waals surface area (Å²) in [6.07, 6.45) is 4.12. The van der Waals surface area contributed by atoms with Crippen molar-refractivity contribution in [2.75, 3.05) is 11.9 Å². The minimum absolute atomic E-state index is 0.350. The summed E-state index contributed by atoms with van der Waals surface area (Å²) in [6, 6.07) is 15.3. The third kappa shape index (κ3) is 3.39. The van der Waals surface area contributed by atoms with Crippen molar-refractivity contribution >= 4 is 43.8 Å². The molecule has 0 unspecified atom stereocenters. The summed E-state index contributed by atoms with van der Waals surface area (Å²) < 4.78 is 27.6. The van der Waals surface area contributed by atoms with Gasteiger partial charge in [-0.05, 0) is 41.6 Å². The van der Waals surface area contributed by atoms with Gasteiger partial charge in [0.15, 0.2) is 0 Å². The van der Waals surface area contributed by atoms with E-state index in [-0.39, 0.29) is 0 Å². The van der Waals surface area contributed by atoms with Crippen LogP contribution in [0, 0.1) is 0 Å². The number of anilines is 2. The molecule has 5 rings (SSSR count). The van der Waals surface area contributed by atoms with E-state index in [0.29, 0.717) is 23.7 Å². The molecule has 4 aromatic rings. The number of rotatable bonds is 4. The smallest absolute Gasteiger partial charge is 0.252 e. The third-order valence-corrected chi connectivity index (χ3v) is 8.27. The van der Waals surface area contributed by atoms with Crippen LogP contribution in [-0.4, -0.2) is 29.2 Å². The molecule has 0 aliphatic carbocycles. The SMILES string of the molecule is O=S(=O)(c1cccs1)N1CCc2c(ccnc2Nc2cnc3ccccc3c2)C1. The van der Waals surface area contributed by atoms with Gasteiger partial charge in [0, 0.05) is 30.2 Å². The summed E-state index contributed by atoms with van der Waals surface area (Å²) in [5.74, 6) is 0.757. The first-order valence-corrected chi connectivity index (χ1v) is 11.6. The van der Waals surface area contributed by atoms with Crippen LogP contribution in [0.1, 0.15) is 11.1 Å². The van der Waals surface area contributed by atoms with Gasteiger partial charge in [-0.1, -0.05) is 24.3 Å². The first-order valence-electron chi connectivity index (χ1n) is 9.23. The Labute approximate surface area is 172 Å². The van der Waals surface area contributed by atoms with E-state index >= 15 is 0 Å². The van der Waals surface area contributed by atoms with Crippen molar-refractivity contribution in [2.45, 2.75) is 17.2 Å². The van der Waals surface area contributed by atoms with E-state index in [0.717, 1.165) is 33.5 Å². The zero-order valence-electron chi connectivity index (χ0n) is 15.4. The molecule has 1 aliphatic rings. The third-order valence-electron chi connectivity index (χ3n) is 5.05. The second-order valence-electron chi connectivity index (χ2n) is 6.86. The predicted molar refractivity (Wildman–Crippen MR) is 115 cm³/mol. The fourth-order valence-electron chi connectivity index (χ4n) is 3.59. The lowest BCUT2D eigenvalue weighted by Crippen LogP contribution is -2.36. The van der Waals surface area contributed by atoms with Crippen molar-refractivity contribution in [1.29, 1.82) is 0 Å². The number of sulfonamides is 1. The molecular formula is C21H18N4O2S2. The van der Waals surface area contributed by atoms with Crippen molar-refractivity contribution in [3.8, 4) is 0 Å². The van der Waals surface area contributed by atoms with Crippen LogP contribution in [0.3, 0.4) is 0 Å². The van der Waals surface area contributed by atoms with Gasteiger partial charge in [0.1, 0.15) is 10.0 Å². The molecule has 8 heteroatoms. The van der Waals surface area contributed by atoms with Gasteiger partial charge >= 0.3 is 0 Å². The average Bonchev–Trinajstić information content (AvgIpc) is 3.29. The lowest BCUT2D eigenvalue weighted by atomic mass is 10.0. The maximum Gasteiger partial charge on any atom is 0.252 e. The van der Waals surface area contributed by atoms with E-state index in [1.165, 1.54) is 11.3 Å². The van der Waals surface area contributed by atoms with E-state index < -0.39 is 10.0 Å². The maximum atomic E-state index is 12.9. The standard InChI is InChI=1S/C21H18N4O2S2/c26-29(27,20-6-3-11-28-20)25-10-8-18-16(14-25)7-9-22-21(18)24-17-12-15-4-1-2-5-19(15)23-13-17/h1-7,9,11-13H,8,10,14H2,(H,22,24). The van der Waals surface area contributed by atoms with Crippen LogP contribution in [0.2, 0.25) is 0 Å². The summed E-state index contributed by atoms with van der Waals surface area (Å²) in [5.41, 5.74) is 3.83. The van der Waals surface area contributed by atoms with E-state index in [9.17, 15) is 8.42 Å². The summed E-state index contributed by atoms with van der Waals surface area (Å²) in [7, 11) is -3.46. The van der Waals surface area contributed by atoms with Gasteiger partial charge in [-0.2, -0.15) is 4.31 Å². The molecule has 0 fully saturated rings. The quantitative estimate of drug-likeness (QED) is 0.534. The molecule has 0 radical (unpaired) electrons. The second kappa shape index (κ2) is 7.22. The monoisotopic (exact) mass is 422 g/mol. The van der Waals surface area contributed by atoms with Gasteiger partial charge in [-0.15, -0.1) is 11.3 Å². The van der Waals surface area contributed by atoms with Gasteiger partial charge in [0.2, 0.25) is 0 Å². The lowest BCUT2D eigenvalue weighted by molar-refractivity contribution is 0.392. The number of hydrogen-bond acceptors (Lipinski definition) is 6. The fourth-order valence-corrected chi connectivity index (χ4v) is 6.15. The maximum absolute atomic E-state index is 12.9. The second-order valence-corrected chi connectivity index (χ2v) is 9.97. The Morgan fingerprint density at radius 1 is 1.07 bits per heavy atom. The largest absolute Gasteiger partial charge is 0.339 e. The van der Waals surface area contributed by atoms with Crippen LogP contribution in [0.15, 0.2) is 70.5 Å². The zero-order chi connectivity index (χ0) is 19.8. The Bertz CT molecular complexity index is 1290. The predicted octanol–water partition coefficient (Wildman–Crippen LogP) is 4.18. The van der Waals surface area contributed by atoms with E-state index in [1.807, 2.05) is 36.4 Å². The Balaban J connectivity index is 1.43. The first kappa shape index (κ1) is 18.2. The van der Waals surface area contributed by atoms with Crippen molar-refractivity contribution in [3.05, 3.63) is 77.4 Å². The molecule has 6 nitrogen and oxygen atoms in total. The molecule has 0 bridgehead atoms. The summed E-state index contributed by atoms with van der Waals surface area (Å²) in [4.78, 5) is 8.99. The highest BCUT2D eigenvalue weighted by Gasteiger charge is 2.30. The molecule has 0 amide bonds. The highest BCUT2D eigenvalue weighted by molar-refractivity contribution is 7.91. The number of nitrogens with one attached hydrogen (secondary N) is 1. The lowest BCUT2D eigenvalue weighted by Gasteiger charge is -2.28. The van der Waals surface area contributed by atoms with Gasteiger partial charge in [0.05, 0.1) is 17.4 Å². The molecule has 0 atom stereocenters. The highest BCUT2D eigenvalue weighted by Crippen LogP contribution is 2.31. The Morgan fingerprint density at radius 3 is 2.83 bits per heavy atom. The van der Waals surface area contributed by atoms with Crippen LogP contribution in [0.25, 0.3) is 10.9 Å². The molecule has 3 aromatic heterocycles. The van der Waals surface area contributed by atoms with Crippen molar-refractivity contribution < 1.29 is 8.42 Å². The number of aromatic nitrogens is 2. The van der Waals surface area contributed by atoms with Gasteiger partial charge in [-0.25, -0.2) is 13.4 Å². The number of benzene rings is 1. The van der Waals surface area contributed by atoms with E-state index in [1.54, 1.807) is 34.2 Å². The Morgan fingerprint density at radius 2 is 1.97 bits per heavy atom. The van der Waals surface area contributed by atoms with Gasteiger partial charge < -0.3 is 5.32 Å². The molecular weight excluding hydrogens is 404 g/mol. The van der Waals surface area contributed by atoms with Crippen molar-refractivity contribution in [3.63, 3.8) is 0 Å². The van der Waals surface area contributed by atoms with Crippen LogP contribution < -0.4 is 5.32 Å². The molecule has 0 spiro atoms. The van der Waals surface area contributed by atoms with Crippen molar-refractivity contribution in [1.82, 2.24) is 14.3 Å². The summed E-state index contributed by atoms with van der Waals surface area (Å²) >= 11 is 1.25. The summed E-state index contributed by atoms with van der Waals surface area (Å²) in [5, 5.41) is 6.20. The topological polar surface area (TPSA) is 75.2 Å². The zero-order valence-corrected chi connectivity index (χ0v) is 17.1. The molecule has 146 valence electrons. The minimum Gasteiger partial charge on any atom is -0.339 e. The van der Waals surface area contributed by atoms with Crippen LogP contribution in [0.4, 0.5) is 11.5 Å². The summed E-state index contributed by atoms with van der Waals surface area (Å²) in [6.45, 7) is 0.784. The Hall–Kier alpha value is -2.81. The van der Waals surface area contributed by atoms with Gasteiger partial charge in [-0.3, -0.25) is 4.98 Å². The van der Waals surface area contributed by atoms with Crippen LogP contribution >= 0.6 is 11.3 Å². The molecule has 0 saturated carbocycles. The number of nitrogens with zero attached hydrogens (tertiary/aromatic N) is 3. The molecule has 1 aliphatic heterocycles. The van der Waals surface area contributed by atoms with E-state index in [4.69, 9.17) is 0 Å². The Kier molecular flexibility index (Phi) is 4.54. The van der Waals surface area contributed by atoms with Gasteiger partial charge in [0.25, 0.3) is 10.0 Å². The molecule has 29 heavy (non-hydrogen) atoms. The number of pyridine rings is 2. The van der Waals surface area contributed by atoms with Crippen LogP contribution in [-0.2, 0) is 23.0 Å². The molecule has 4 heterocycles. The number of para-hydroxylation sites is 1. The number of thiophene rings is 1. The minimum atomic E-state index is -3.46. The molecule has 0 saturated heterocycles. The average molecular weight is 423 g/mol.